The van der Waals surface area contributed by atoms with Crippen molar-refractivity contribution in [1.29, 1.82) is 0 Å². The van der Waals surface area contributed by atoms with Crippen LogP contribution in [0.4, 0.5) is 11.4 Å². The third kappa shape index (κ3) is 5.09. The number of aromatic nitrogens is 2. The molecule has 0 unspecified atom stereocenters. The van der Waals surface area contributed by atoms with Crippen molar-refractivity contribution in [1.82, 2.24) is 9.97 Å². The van der Waals surface area contributed by atoms with Crippen LogP contribution in [-0.2, 0) is 17.1 Å². The first-order chi connectivity index (χ1) is 18.8. The molecule has 0 spiro atoms. The van der Waals surface area contributed by atoms with Gasteiger partial charge in [-0.05, 0) is 36.4 Å². The van der Waals surface area contributed by atoms with Crippen LogP contribution in [0.3, 0.4) is 0 Å². The second-order valence-electron chi connectivity index (χ2n) is 8.37. The predicted octanol–water partition coefficient (Wildman–Crippen LogP) is 8.45. The van der Waals surface area contributed by atoms with E-state index >= 15 is 0 Å². The van der Waals surface area contributed by atoms with E-state index in [1.54, 1.807) is 12.2 Å². The van der Waals surface area contributed by atoms with E-state index in [0.717, 1.165) is 45.1 Å². The molecule has 8 rings (SSSR count). The normalized spacial score (nSPS) is 14.9. The van der Waals surface area contributed by atoms with E-state index < -0.39 is 0 Å². The van der Waals surface area contributed by atoms with E-state index in [2.05, 4.69) is 20.6 Å². The van der Waals surface area contributed by atoms with Crippen LogP contribution in [0.2, 0.25) is 0 Å². The fraction of sp³-hybridized carbons (Fsp3) is 0. The number of fused-ring (bicyclic) bond motifs is 4. The summed E-state index contributed by atoms with van der Waals surface area (Å²) >= 11 is 0. The summed E-state index contributed by atoms with van der Waals surface area (Å²) in [5, 5.41) is 8.71. The summed E-state index contributed by atoms with van der Waals surface area (Å²) < 4.78 is 22.4. The first-order valence-corrected chi connectivity index (χ1v) is 11.9. The van der Waals surface area contributed by atoms with Gasteiger partial charge in [-0.25, -0.2) is 9.97 Å². The van der Waals surface area contributed by atoms with E-state index in [1.165, 1.54) is 0 Å². The molecule has 2 aromatic heterocycles. The third-order valence-electron chi connectivity index (χ3n) is 5.74. The van der Waals surface area contributed by atoms with Gasteiger partial charge in [-0.1, -0.05) is 72.0 Å². The number of rotatable bonds is 2. The first kappa shape index (κ1) is 24.4. The van der Waals surface area contributed by atoms with Crippen molar-refractivity contribution in [3.05, 3.63) is 131 Å². The summed E-state index contributed by atoms with van der Waals surface area (Å²) in [5.74, 6) is 3.48. The molecular weight excluding hydrogens is 544 g/mol. The van der Waals surface area contributed by atoms with Crippen molar-refractivity contribution < 1.29 is 35.4 Å². The second-order valence-corrected chi connectivity index (χ2v) is 8.37. The van der Waals surface area contributed by atoms with Crippen LogP contribution < -0.4 is 9.47 Å². The van der Waals surface area contributed by atoms with Crippen LogP contribution in [0.1, 0.15) is 11.8 Å². The molecule has 0 atom stereocenters. The van der Waals surface area contributed by atoms with Crippen LogP contribution in [-0.4, -0.2) is 9.97 Å². The number of benzene rings is 4. The fourth-order valence-electron chi connectivity index (χ4n) is 4.02. The van der Waals surface area contributed by atoms with Gasteiger partial charge in [0.05, 0.1) is 0 Å². The van der Waals surface area contributed by atoms with Crippen LogP contribution in [0.25, 0.3) is 45.0 Å². The Kier molecular flexibility index (Phi) is 6.50. The topological polar surface area (TPSA) is 98.7 Å². The predicted molar refractivity (Wildman–Crippen MR) is 144 cm³/mol. The van der Waals surface area contributed by atoms with Gasteiger partial charge in [0.25, 0.3) is 0 Å². The number of hydrogen-bond acceptors (Lipinski definition) is 6. The zero-order chi connectivity index (χ0) is 25.3. The van der Waals surface area contributed by atoms with Gasteiger partial charge in [-0.3, -0.25) is 0 Å². The van der Waals surface area contributed by atoms with E-state index in [0.29, 0.717) is 23.5 Å². The first-order valence-electron chi connectivity index (χ1n) is 11.9. The van der Waals surface area contributed by atoms with Crippen LogP contribution in [0.15, 0.2) is 118 Å². The fourth-order valence-corrected chi connectivity index (χ4v) is 4.02. The zero-order valence-corrected chi connectivity index (χ0v) is 21.1. The Hall–Kier alpha value is -4.98. The molecule has 1 radical (unpaired) electrons. The van der Waals surface area contributed by atoms with Gasteiger partial charge in [0.2, 0.25) is 11.8 Å². The van der Waals surface area contributed by atoms with Gasteiger partial charge >= 0.3 is 17.1 Å². The molecule has 2 aliphatic rings. The number of nitrogens with zero attached hydrogens (tertiary/aromatic N) is 4. The second kappa shape index (κ2) is 10.4. The van der Waals surface area contributed by atoms with Crippen molar-refractivity contribution in [3.63, 3.8) is 0 Å². The van der Waals surface area contributed by atoms with Crippen molar-refractivity contribution in [2.45, 2.75) is 0 Å². The molecule has 193 valence electrons. The van der Waals surface area contributed by atoms with Gasteiger partial charge < -0.3 is 28.9 Å². The molecule has 0 fully saturated rings. The minimum absolute atomic E-state index is 0. The zero-order valence-electron chi connectivity index (χ0n) is 20.1. The van der Waals surface area contributed by atoms with Crippen molar-refractivity contribution in [2.75, 3.05) is 0 Å². The molecule has 6 aromatic rings. The Morgan fingerprint density at radius 3 is 1.36 bits per heavy atom. The Bertz CT molecular complexity index is 1600. The minimum atomic E-state index is 0. The Morgan fingerprint density at radius 2 is 0.923 bits per heavy atom. The average Bonchev–Trinajstić information content (AvgIpc) is 3.71. The quantitative estimate of drug-likeness (QED) is 0.197. The number of para-hydroxylation sites is 8. The Balaban J connectivity index is 0.000000138. The van der Waals surface area contributed by atoms with Gasteiger partial charge in [0, 0.05) is 23.9 Å². The van der Waals surface area contributed by atoms with Gasteiger partial charge in [0.15, 0.2) is 11.2 Å². The molecule has 4 heterocycles. The van der Waals surface area contributed by atoms with Gasteiger partial charge in [0.1, 0.15) is 22.5 Å². The third-order valence-corrected chi connectivity index (χ3v) is 5.74. The minimum Gasteiger partial charge on any atom is -0.624 e. The maximum absolute atomic E-state index is 5.60. The van der Waals surface area contributed by atoms with Gasteiger partial charge in [-0.2, -0.15) is 0 Å². The summed E-state index contributed by atoms with van der Waals surface area (Å²) in [7, 11) is 0. The van der Waals surface area contributed by atoms with Crippen LogP contribution in [0.5, 0.6) is 11.5 Å². The van der Waals surface area contributed by atoms with Gasteiger partial charge in [-0.15, -0.1) is 0 Å². The molecule has 0 saturated carbocycles. The standard InChI is InChI=1S/2C15H9N2O2.Cu/c2*1-3-7-12-10(5-1)16-14(18-12)9-15-17-11-6-2-4-8-13(11)19-15;/h2*1-9H;/q2*-1;+2/b2*14-9+;. The smallest absolute Gasteiger partial charge is 0.624 e. The number of hydrogen-bond donors (Lipinski definition) is 0. The van der Waals surface area contributed by atoms with Crippen molar-refractivity contribution in [3.8, 4) is 11.5 Å². The Labute approximate surface area is 233 Å². The van der Waals surface area contributed by atoms with Crippen molar-refractivity contribution >= 4 is 45.7 Å². The van der Waals surface area contributed by atoms with E-state index in [4.69, 9.17) is 18.3 Å². The van der Waals surface area contributed by atoms with E-state index in [-0.39, 0.29) is 17.1 Å². The van der Waals surface area contributed by atoms with E-state index in [9.17, 15) is 0 Å². The molecule has 8 nitrogen and oxygen atoms in total. The molecule has 0 aliphatic carbocycles. The largest absolute Gasteiger partial charge is 2.00 e. The maximum atomic E-state index is 5.60. The summed E-state index contributed by atoms with van der Waals surface area (Å²) in [6.45, 7) is 0. The molecule has 0 bridgehead atoms. The summed E-state index contributed by atoms with van der Waals surface area (Å²) in [6, 6.07) is 30.5. The molecule has 39 heavy (non-hydrogen) atoms. The number of ether oxygens (including phenoxy) is 2. The van der Waals surface area contributed by atoms with Crippen LogP contribution in [0, 0.1) is 0 Å². The SMILES string of the molecule is C(=C1/[N-]c2ccccc2O1)/c1nc2ccccc2o1.C(=C1/[N-]c2ccccc2O1)/c1nc2ccccc2o1.[Cu+2]. The van der Waals surface area contributed by atoms with Crippen LogP contribution >= 0.6 is 0 Å². The molecular formula is C30H18CuN4O4. The summed E-state index contributed by atoms with van der Waals surface area (Å²) in [5.41, 5.74) is 4.80. The number of oxazole rings is 2. The maximum Gasteiger partial charge on any atom is 2.00 e. The molecule has 4 aromatic carbocycles. The molecule has 2 aliphatic heterocycles. The van der Waals surface area contributed by atoms with Crippen molar-refractivity contribution in [2.24, 2.45) is 0 Å². The summed E-state index contributed by atoms with van der Waals surface area (Å²) in [4.78, 5) is 8.71. The Morgan fingerprint density at radius 1 is 0.513 bits per heavy atom. The average molecular weight is 562 g/mol. The molecule has 0 N–H and O–H groups in total. The molecule has 0 amide bonds. The van der Waals surface area contributed by atoms with E-state index in [1.807, 2.05) is 97.1 Å². The molecule has 0 saturated heterocycles. The monoisotopic (exact) mass is 561 g/mol. The summed E-state index contributed by atoms with van der Waals surface area (Å²) in [6.07, 6.45) is 3.39. The molecule has 9 heteroatoms.